The fourth-order valence-corrected chi connectivity index (χ4v) is 7.60. The van der Waals surface area contributed by atoms with Crippen molar-refractivity contribution in [2.24, 2.45) is 0 Å². The zero-order valence-corrected chi connectivity index (χ0v) is 32.5. The lowest BCUT2D eigenvalue weighted by atomic mass is 9.99. The maximum Gasteiger partial charge on any atom is 0.338 e. The molecule has 6 N–H and O–H groups in total. The molecule has 1 aliphatic rings. The number of carbonyl (C=O) groups excluding carboxylic acids is 2. The molecule has 0 radical (unpaired) electrons. The molecule has 1 aliphatic heterocycles. The third-order valence-corrected chi connectivity index (χ3v) is 10.9. The number of anilines is 2. The zero-order valence-electron chi connectivity index (χ0n) is 31.6. The number of ether oxygens (including phenoxy) is 2. The van der Waals surface area contributed by atoms with Crippen LogP contribution in [0.25, 0.3) is 11.1 Å². The molecule has 2 heterocycles. The number of nitrogens with two attached hydrogens (primary N) is 1. The minimum atomic E-state index is -1.03. The van der Waals surface area contributed by atoms with Crippen LogP contribution in [0, 0.1) is 0 Å². The number of thioether (sulfide) groups is 1. The molecule has 57 heavy (non-hydrogen) atoms. The quantitative estimate of drug-likeness (QED) is 0.0329. The molecule has 0 bridgehead atoms. The predicted octanol–water partition coefficient (Wildman–Crippen LogP) is 8.45. The van der Waals surface area contributed by atoms with Gasteiger partial charge in [-0.3, -0.25) is 9.59 Å². The number of amides is 2. The molecule has 1 saturated heterocycles. The number of rotatable bonds is 18. The van der Waals surface area contributed by atoms with Crippen molar-refractivity contribution in [1.82, 2.24) is 10.3 Å². The standard InChI is InChI=1S/C45H48N4O7S/c46-38-12-5-6-13-39(38)49-42(52)15-4-2-1-3-14-41(51)48-27-31-9-7-10-35(25-31)32-20-22-34(23-21-32)45-55-36(29-57-43-37(44(53)54)11-8-24-47-43)26-40(56-45)33-18-16-30(28-50)17-19-33/h5-13,16-25,36,40,45,50H,1-4,14-15,26-29,46H2,(H,48,51)(H,49,52)(H,53,54). The maximum atomic E-state index is 12.6. The van der Waals surface area contributed by atoms with Gasteiger partial charge in [-0.2, -0.15) is 0 Å². The van der Waals surface area contributed by atoms with Crippen molar-refractivity contribution in [3.8, 4) is 11.1 Å². The van der Waals surface area contributed by atoms with E-state index in [0.29, 0.717) is 48.0 Å². The van der Waals surface area contributed by atoms with Crippen molar-refractivity contribution < 1.29 is 34.1 Å². The first-order chi connectivity index (χ1) is 27.7. The first-order valence-corrected chi connectivity index (χ1v) is 20.2. The minimum Gasteiger partial charge on any atom is -0.478 e. The highest BCUT2D eigenvalue weighted by Crippen LogP contribution is 2.40. The van der Waals surface area contributed by atoms with Crippen molar-refractivity contribution in [3.05, 3.63) is 143 Å². The molecule has 296 valence electrons. The zero-order chi connectivity index (χ0) is 40.0. The van der Waals surface area contributed by atoms with Crippen molar-refractivity contribution >= 4 is 40.9 Å². The van der Waals surface area contributed by atoms with Gasteiger partial charge in [0.25, 0.3) is 0 Å². The Hall–Kier alpha value is -5.53. The summed E-state index contributed by atoms with van der Waals surface area (Å²) in [5.41, 5.74) is 12.8. The van der Waals surface area contributed by atoms with Crippen molar-refractivity contribution in [2.45, 2.75) is 81.6 Å². The number of pyridine rings is 1. The van der Waals surface area contributed by atoms with E-state index >= 15 is 0 Å². The fraction of sp³-hybridized carbons (Fsp3) is 0.289. The number of aliphatic hydroxyl groups is 1. The largest absolute Gasteiger partial charge is 0.478 e. The van der Waals surface area contributed by atoms with Gasteiger partial charge in [-0.05, 0) is 71.0 Å². The average molecular weight is 789 g/mol. The number of nitrogens with one attached hydrogen (secondary N) is 2. The molecule has 5 aromatic rings. The number of benzene rings is 4. The molecule has 6 rings (SSSR count). The molecule has 1 fully saturated rings. The monoisotopic (exact) mass is 788 g/mol. The summed E-state index contributed by atoms with van der Waals surface area (Å²) in [4.78, 5) is 40.9. The molecule has 0 aliphatic carbocycles. The molecular weight excluding hydrogens is 741 g/mol. The summed E-state index contributed by atoms with van der Waals surface area (Å²) in [6.45, 7) is 0.374. The Morgan fingerprint density at radius 3 is 2.25 bits per heavy atom. The van der Waals surface area contributed by atoms with E-state index in [1.807, 2.05) is 78.9 Å². The SMILES string of the molecule is Nc1ccccc1NC(=O)CCCCCCC(=O)NCc1cccc(-c2ccc(C3OC(CSc4ncccc4C(=O)O)CC(c4ccc(CO)cc4)O3)cc2)c1. The lowest BCUT2D eigenvalue weighted by Crippen LogP contribution is -2.31. The number of unbranched alkanes of at least 4 members (excludes halogenated alkanes) is 3. The topological polar surface area (TPSA) is 173 Å². The number of nitrogens with zero attached hydrogens (tertiary/aromatic N) is 1. The number of carbonyl (C=O) groups is 3. The lowest BCUT2D eigenvalue weighted by molar-refractivity contribution is -0.245. The number of carboxylic acid groups (broad SMARTS) is 1. The molecule has 3 atom stereocenters. The maximum absolute atomic E-state index is 12.6. The van der Waals surface area contributed by atoms with Gasteiger partial charge in [0.2, 0.25) is 11.8 Å². The number of hydrogen-bond donors (Lipinski definition) is 5. The van der Waals surface area contributed by atoms with Gasteiger partial charge in [0.15, 0.2) is 6.29 Å². The molecule has 2 amide bonds. The number of hydrogen-bond acceptors (Lipinski definition) is 9. The van der Waals surface area contributed by atoms with E-state index in [-0.39, 0.29) is 36.2 Å². The number of para-hydroxylation sites is 2. The number of nitrogen functional groups attached to an aromatic ring is 1. The second-order valence-corrected chi connectivity index (χ2v) is 15.0. The van der Waals surface area contributed by atoms with E-state index in [9.17, 15) is 24.6 Å². The second-order valence-electron chi connectivity index (χ2n) is 14.0. The number of carboxylic acids is 1. The van der Waals surface area contributed by atoms with Gasteiger partial charge >= 0.3 is 5.97 Å². The van der Waals surface area contributed by atoms with E-state index in [1.165, 1.54) is 11.8 Å². The predicted molar refractivity (Wildman–Crippen MR) is 221 cm³/mol. The summed E-state index contributed by atoms with van der Waals surface area (Å²) >= 11 is 1.35. The Morgan fingerprint density at radius 1 is 0.772 bits per heavy atom. The summed E-state index contributed by atoms with van der Waals surface area (Å²) in [6.07, 6.45) is 5.03. The summed E-state index contributed by atoms with van der Waals surface area (Å²) in [6, 6.07) is 34.1. The number of aromatic carboxylic acids is 1. The van der Waals surface area contributed by atoms with Gasteiger partial charge in [-0.25, -0.2) is 9.78 Å². The molecule has 3 unspecified atom stereocenters. The van der Waals surface area contributed by atoms with Gasteiger partial charge in [0, 0.05) is 43.3 Å². The van der Waals surface area contributed by atoms with Crippen LogP contribution in [0.2, 0.25) is 0 Å². The van der Waals surface area contributed by atoms with Crippen LogP contribution in [0.5, 0.6) is 0 Å². The highest BCUT2D eigenvalue weighted by Gasteiger charge is 2.32. The summed E-state index contributed by atoms with van der Waals surface area (Å²) in [5, 5.41) is 25.5. The van der Waals surface area contributed by atoms with E-state index < -0.39 is 12.3 Å². The first-order valence-electron chi connectivity index (χ1n) is 19.2. The minimum absolute atomic E-state index is 0.00348. The Kier molecular flexibility index (Phi) is 14.8. The highest BCUT2D eigenvalue weighted by atomic mass is 32.2. The van der Waals surface area contributed by atoms with Crippen LogP contribution in [0.1, 0.15) is 90.0 Å². The molecule has 11 nitrogen and oxygen atoms in total. The third-order valence-electron chi connectivity index (χ3n) is 9.75. The smallest absolute Gasteiger partial charge is 0.338 e. The summed E-state index contributed by atoms with van der Waals surface area (Å²) in [5.74, 6) is -0.609. The van der Waals surface area contributed by atoms with Crippen LogP contribution in [-0.2, 0) is 32.2 Å². The molecule has 12 heteroatoms. The second kappa shape index (κ2) is 20.6. The average Bonchev–Trinajstić information content (AvgIpc) is 3.24. The van der Waals surface area contributed by atoms with Gasteiger partial charge in [-0.1, -0.05) is 91.7 Å². The van der Waals surface area contributed by atoms with Gasteiger partial charge in [0.05, 0.1) is 35.8 Å². The van der Waals surface area contributed by atoms with Crippen molar-refractivity contribution in [2.75, 3.05) is 16.8 Å². The van der Waals surface area contributed by atoms with Crippen LogP contribution in [0.3, 0.4) is 0 Å². The Morgan fingerprint density at radius 2 is 1.51 bits per heavy atom. The van der Waals surface area contributed by atoms with E-state index in [2.05, 4.69) is 21.7 Å². The van der Waals surface area contributed by atoms with Gasteiger partial charge in [0.1, 0.15) is 5.03 Å². The molecule has 0 saturated carbocycles. The molecule has 0 spiro atoms. The van der Waals surface area contributed by atoms with E-state index in [1.54, 1.807) is 30.5 Å². The van der Waals surface area contributed by atoms with Crippen molar-refractivity contribution in [3.63, 3.8) is 0 Å². The normalized spacial score (nSPS) is 16.5. The first kappa shape index (κ1) is 41.1. The Balaban J connectivity index is 0.999. The molecule has 1 aromatic heterocycles. The van der Waals surface area contributed by atoms with Crippen LogP contribution < -0.4 is 16.4 Å². The van der Waals surface area contributed by atoms with Crippen LogP contribution >= 0.6 is 11.8 Å². The Labute approximate surface area is 337 Å². The van der Waals surface area contributed by atoms with E-state index in [4.69, 9.17) is 15.2 Å². The van der Waals surface area contributed by atoms with Crippen LogP contribution in [0.15, 0.2) is 120 Å². The summed E-state index contributed by atoms with van der Waals surface area (Å²) < 4.78 is 13.0. The summed E-state index contributed by atoms with van der Waals surface area (Å²) in [7, 11) is 0. The fourth-order valence-electron chi connectivity index (χ4n) is 6.59. The number of aromatic nitrogens is 1. The van der Waals surface area contributed by atoms with Crippen LogP contribution in [0.4, 0.5) is 11.4 Å². The highest BCUT2D eigenvalue weighted by molar-refractivity contribution is 7.99. The van der Waals surface area contributed by atoms with Crippen LogP contribution in [-0.4, -0.2) is 44.8 Å². The lowest BCUT2D eigenvalue weighted by Gasteiger charge is -2.36. The van der Waals surface area contributed by atoms with Gasteiger partial charge in [-0.15, -0.1) is 11.8 Å². The molecular formula is C45H48N4O7S. The van der Waals surface area contributed by atoms with Gasteiger partial charge < -0.3 is 36.1 Å². The molecule has 4 aromatic carbocycles. The Bertz CT molecular complexity index is 2110. The number of aliphatic hydroxyl groups excluding tert-OH is 1. The van der Waals surface area contributed by atoms with E-state index in [0.717, 1.165) is 59.1 Å². The third kappa shape index (κ3) is 12.0. The van der Waals surface area contributed by atoms with Crippen molar-refractivity contribution in [1.29, 1.82) is 0 Å².